The predicted octanol–water partition coefficient (Wildman–Crippen LogP) is 3.71. The van der Waals surface area contributed by atoms with Crippen LogP contribution in [0.4, 0.5) is 16.0 Å². The van der Waals surface area contributed by atoms with Gasteiger partial charge in [-0.15, -0.1) is 0 Å². The Labute approximate surface area is 122 Å². The standard InChI is InChI=1S/C16H15FN4/c1-2-9-21(13-6-3-5-12(17)10-13)16-19-11-15-14(20-16)7-4-8-18-15/h3-8,10-11H,2,9H2,1H3. The highest BCUT2D eigenvalue weighted by atomic mass is 19.1. The first-order valence-electron chi connectivity index (χ1n) is 6.89. The van der Waals surface area contributed by atoms with E-state index in [4.69, 9.17) is 0 Å². The van der Waals surface area contributed by atoms with Gasteiger partial charge in [-0.25, -0.2) is 14.4 Å². The van der Waals surface area contributed by atoms with E-state index in [1.165, 1.54) is 12.1 Å². The molecule has 0 fully saturated rings. The lowest BCUT2D eigenvalue weighted by Gasteiger charge is -2.22. The minimum atomic E-state index is -0.268. The number of nitrogens with zero attached hydrogens (tertiary/aromatic N) is 4. The SMILES string of the molecule is CCCN(c1cccc(F)c1)c1ncc2ncccc2n1. The first-order valence-corrected chi connectivity index (χ1v) is 6.89. The van der Waals surface area contributed by atoms with Crippen LogP contribution < -0.4 is 4.90 Å². The summed E-state index contributed by atoms with van der Waals surface area (Å²) in [7, 11) is 0. The lowest BCUT2D eigenvalue weighted by molar-refractivity contribution is 0.627. The Morgan fingerprint density at radius 1 is 1.10 bits per heavy atom. The minimum absolute atomic E-state index is 0.268. The Hall–Kier alpha value is -2.56. The number of hydrogen-bond acceptors (Lipinski definition) is 4. The highest BCUT2D eigenvalue weighted by Crippen LogP contribution is 2.24. The fourth-order valence-electron chi connectivity index (χ4n) is 2.20. The van der Waals surface area contributed by atoms with Gasteiger partial charge in [0.25, 0.3) is 0 Å². The van der Waals surface area contributed by atoms with Crippen molar-refractivity contribution in [2.24, 2.45) is 0 Å². The molecule has 0 aliphatic rings. The molecular weight excluding hydrogens is 267 g/mol. The summed E-state index contributed by atoms with van der Waals surface area (Å²) in [4.78, 5) is 15.0. The van der Waals surface area contributed by atoms with Crippen LogP contribution in [0.1, 0.15) is 13.3 Å². The molecule has 4 nitrogen and oxygen atoms in total. The molecule has 0 spiro atoms. The van der Waals surface area contributed by atoms with Crippen LogP contribution in [0, 0.1) is 5.82 Å². The number of benzene rings is 1. The van der Waals surface area contributed by atoms with Gasteiger partial charge in [-0.1, -0.05) is 13.0 Å². The number of aromatic nitrogens is 3. The highest BCUT2D eigenvalue weighted by molar-refractivity contribution is 5.74. The smallest absolute Gasteiger partial charge is 0.230 e. The van der Waals surface area contributed by atoms with Crippen molar-refractivity contribution in [1.29, 1.82) is 0 Å². The van der Waals surface area contributed by atoms with Crippen LogP contribution >= 0.6 is 0 Å². The second-order valence-electron chi connectivity index (χ2n) is 4.71. The summed E-state index contributed by atoms with van der Waals surface area (Å²) in [6, 6.07) is 10.2. The van der Waals surface area contributed by atoms with Gasteiger partial charge in [-0.3, -0.25) is 4.98 Å². The van der Waals surface area contributed by atoms with Gasteiger partial charge in [0.1, 0.15) is 11.3 Å². The van der Waals surface area contributed by atoms with Gasteiger partial charge in [0.2, 0.25) is 5.95 Å². The molecule has 5 heteroatoms. The minimum Gasteiger partial charge on any atom is -0.310 e. The van der Waals surface area contributed by atoms with E-state index in [2.05, 4.69) is 21.9 Å². The van der Waals surface area contributed by atoms with E-state index >= 15 is 0 Å². The van der Waals surface area contributed by atoms with E-state index in [9.17, 15) is 4.39 Å². The molecule has 21 heavy (non-hydrogen) atoms. The zero-order valence-electron chi connectivity index (χ0n) is 11.7. The Bertz CT molecular complexity index is 760. The first kappa shape index (κ1) is 13.4. The van der Waals surface area contributed by atoms with Crippen molar-refractivity contribution in [3.63, 3.8) is 0 Å². The van der Waals surface area contributed by atoms with Gasteiger partial charge in [0.05, 0.1) is 11.7 Å². The highest BCUT2D eigenvalue weighted by Gasteiger charge is 2.12. The van der Waals surface area contributed by atoms with E-state index in [0.29, 0.717) is 5.95 Å². The van der Waals surface area contributed by atoms with E-state index in [-0.39, 0.29) is 5.82 Å². The summed E-state index contributed by atoms with van der Waals surface area (Å²) in [5, 5.41) is 0. The molecule has 3 rings (SSSR count). The van der Waals surface area contributed by atoms with Crippen LogP contribution in [-0.2, 0) is 0 Å². The molecule has 2 heterocycles. The summed E-state index contributed by atoms with van der Waals surface area (Å²) in [6.07, 6.45) is 4.31. The molecule has 2 aromatic heterocycles. The zero-order valence-corrected chi connectivity index (χ0v) is 11.7. The van der Waals surface area contributed by atoms with Crippen molar-refractivity contribution in [2.45, 2.75) is 13.3 Å². The van der Waals surface area contributed by atoms with Gasteiger partial charge in [0, 0.05) is 18.4 Å². The average molecular weight is 282 g/mol. The van der Waals surface area contributed by atoms with Crippen molar-refractivity contribution in [3.8, 4) is 0 Å². The number of halogens is 1. The molecule has 0 N–H and O–H groups in total. The number of pyridine rings is 1. The number of anilines is 2. The molecule has 0 aliphatic carbocycles. The maximum absolute atomic E-state index is 13.5. The average Bonchev–Trinajstić information content (AvgIpc) is 2.52. The maximum atomic E-state index is 13.5. The monoisotopic (exact) mass is 282 g/mol. The normalized spacial score (nSPS) is 10.8. The fourth-order valence-corrected chi connectivity index (χ4v) is 2.20. The predicted molar refractivity (Wildman–Crippen MR) is 81.0 cm³/mol. The molecule has 0 radical (unpaired) electrons. The zero-order chi connectivity index (χ0) is 14.7. The first-order chi connectivity index (χ1) is 10.3. The Morgan fingerprint density at radius 2 is 2.00 bits per heavy atom. The molecule has 0 atom stereocenters. The van der Waals surface area contributed by atoms with E-state index in [1.807, 2.05) is 23.1 Å². The van der Waals surface area contributed by atoms with Crippen LogP contribution in [-0.4, -0.2) is 21.5 Å². The molecule has 1 aromatic carbocycles. The third kappa shape index (κ3) is 2.81. The van der Waals surface area contributed by atoms with Gasteiger partial charge in [-0.05, 0) is 36.8 Å². The summed E-state index contributed by atoms with van der Waals surface area (Å²) in [6.45, 7) is 2.78. The summed E-state index contributed by atoms with van der Waals surface area (Å²) >= 11 is 0. The van der Waals surface area contributed by atoms with E-state index in [0.717, 1.165) is 29.7 Å². The van der Waals surface area contributed by atoms with Crippen LogP contribution in [0.25, 0.3) is 11.0 Å². The van der Waals surface area contributed by atoms with Crippen molar-refractivity contribution >= 4 is 22.7 Å². The van der Waals surface area contributed by atoms with Crippen molar-refractivity contribution in [3.05, 3.63) is 54.6 Å². The maximum Gasteiger partial charge on any atom is 0.230 e. The lowest BCUT2D eigenvalue weighted by atomic mass is 10.2. The summed E-state index contributed by atoms with van der Waals surface area (Å²) < 4.78 is 13.5. The second-order valence-corrected chi connectivity index (χ2v) is 4.71. The lowest BCUT2D eigenvalue weighted by Crippen LogP contribution is -2.20. The number of fused-ring (bicyclic) bond motifs is 1. The van der Waals surface area contributed by atoms with Crippen molar-refractivity contribution in [1.82, 2.24) is 15.0 Å². The van der Waals surface area contributed by atoms with Gasteiger partial charge < -0.3 is 4.90 Å². The van der Waals surface area contributed by atoms with E-state index < -0.39 is 0 Å². The molecule has 0 saturated carbocycles. The van der Waals surface area contributed by atoms with Crippen LogP contribution in [0.5, 0.6) is 0 Å². The molecule has 0 saturated heterocycles. The van der Waals surface area contributed by atoms with Crippen LogP contribution in [0.15, 0.2) is 48.8 Å². The molecule has 0 unspecified atom stereocenters. The van der Waals surface area contributed by atoms with E-state index in [1.54, 1.807) is 18.5 Å². The molecule has 0 bridgehead atoms. The second kappa shape index (κ2) is 5.83. The summed E-state index contributed by atoms with van der Waals surface area (Å²) in [5.41, 5.74) is 2.28. The topological polar surface area (TPSA) is 41.9 Å². The third-order valence-electron chi connectivity index (χ3n) is 3.15. The summed E-state index contributed by atoms with van der Waals surface area (Å²) in [5.74, 6) is 0.291. The molecule has 3 aromatic rings. The molecule has 0 amide bonds. The Balaban J connectivity index is 2.06. The van der Waals surface area contributed by atoms with Gasteiger partial charge in [0.15, 0.2) is 0 Å². The van der Waals surface area contributed by atoms with Crippen molar-refractivity contribution in [2.75, 3.05) is 11.4 Å². The quantitative estimate of drug-likeness (QED) is 0.731. The Morgan fingerprint density at radius 3 is 2.81 bits per heavy atom. The number of rotatable bonds is 4. The Kier molecular flexibility index (Phi) is 3.73. The molecular formula is C16H15FN4. The van der Waals surface area contributed by atoms with Crippen LogP contribution in [0.2, 0.25) is 0 Å². The van der Waals surface area contributed by atoms with Gasteiger partial charge in [-0.2, -0.15) is 0 Å². The molecule has 106 valence electrons. The molecule has 0 aliphatic heterocycles. The number of hydrogen-bond donors (Lipinski definition) is 0. The third-order valence-corrected chi connectivity index (χ3v) is 3.15. The van der Waals surface area contributed by atoms with Crippen LogP contribution in [0.3, 0.4) is 0 Å². The largest absolute Gasteiger partial charge is 0.310 e. The fraction of sp³-hybridized carbons (Fsp3) is 0.188. The van der Waals surface area contributed by atoms with Gasteiger partial charge >= 0.3 is 0 Å². The van der Waals surface area contributed by atoms with Crippen molar-refractivity contribution < 1.29 is 4.39 Å².